The Balaban J connectivity index is 2.03. The summed E-state index contributed by atoms with van der Waals surface area (Å²) in [4.78, 5) is 12.3. The lowest BCUT2D eigenvalue weighted by Crippen LogP contribution is -2.22. The minimum Gasteiger partial charge on any atom is -0.351 e. The van der Waals surface area contributed by atoms with E-state index in [1.165, 1.54) is 5.56 Å². The van der Waals surface area contributed by atoms with Gasteiger partial charge in [-0.25, -0.2) is 0 Å². The predicted molar refractivity (Wildman–Crippen MR) is 94.1 cm³/mol. The van der Waals surface area contributed by atoms with Crippen LogP contribution in [0.1, 0.15) is 22.5 Å². The number of amides is 1. The highest BCUT2D eigenvalue weighted by molar-refractivity contribution is 6.30. The van der Waals surface area contributed by atoms with Crippen LogP contribution in [-0.4, -0.2) is 17.0 Å². The zero-order chi connectivity index (χ0) is 16.0. The third-order valence-electron chi connectivity index (χ3n) is 4.37. The van der Waals surface area contributed by atoms with Crippen molar-refractivity contribution in [1.29, 1.82) is 0 Å². The van der Waals surface area contributed by atoms with Crippen molar-refractivity contribution in [3.05, 3.63) is 58.7 Å². The topological polar surface area (TPSA) is 34.0 Å². The number of carbonyl (C=O) groups excluding carboxylic acids is 1. The SMILES string of the molecule is Cc1cc(-c2ccc(Cl)cc2)c2c(c1)cc1n2CCCNC1=O. The van der Waals surface area contributed by atoms with Gasteiger partial charge in [-0.3, -0.25) is 4.79 Å². The first kappa shape index (κ1) is 14.3. The van der Waals surface area contributed by atoms with E-state index in [1.54, 1.807) is 0 Å². The number of halogens is 1. The minimum absolute atomic E-state index is 0.0124. The second kappa shape index (κ2) is 5.43. The van der Waals surface area contributed by atoms with Crippen LogP contribution in [0.4, 0.5) is 0 Å². The van der Waals surface area contributed by atoms with Gasteiger partial charge in [0, 0.05) is 29.1 Å². The van der Waals surface area contributed by atoms with E-state index >= 15 is 0 Å². The number of aromatic nitrogens is 1. The Morgan fingerprint density at radius 1 is 1.13 bits per heavy atom. The Labute approximate surface area is 139 Å². The van der Waals surface area contributed by atoms with Crippen molar-refractivity contribution >= 4 is 28.4 Å². The van der Waals surface area contributed by atoms with Crippen LogP contribution in [0.15, 0.2) is 42.5 Å². The van der Waals surface area contributed by atoms with Gasteiger partial charge in [0.05, 0.1) is 5.52 Å². The Bertz CT molecular complexity index is 909. The van der Waals surface area contributed by atoms with Crippen LogP contribution in [0.2, 0.25) is 5.02 Å². The van der Waals surface area contributed by atoms with E-state index in [0.29, 0.717) is 0 Å². The monoisotopic (exact) mass is 324 g/mol. The zero-order valence-corrected chi connectivity index (χ0v) is 13.7. The molecule has 4 heteroatoms. The highest BCUT2D eigenvalue weighted by atomic mass is 35.5. The maximum absolute atomic E-state index is 12.3. The zero-order valence-electron chi connectivity index (χ0n) is 12.9. The number of aryl methyl sites for hydroxylation is 2. The molecule has 0 fully saturated rings. The summed E-state index contributed by atoms with van der Waals surface area (Å²) in [5, 5.41) is 4.81. The molecule has 2 heterocycles. The quantitative estimate of drug-likeness (QED) is 0.707. The third-order valence-corrected chi connectivity index (χ3v) is 4.62. The minimum atomic E-state index is 0.0124. The van der Waals surface area contributed by atoms with Crippen LogP contribution in [0, 0.1) is 6.92 Å². The van der Waals surface area contributed by atoms with E-state index in [2.05, 4.69) is 28.9 Å². The standard InChI is InChI=1S/C19H17ClN2O/c1-12-9-14-11-17-19(23)21-7-2-8-22(17)18(14)16(10-12)13-3-5-15(20)6-4-13/h3-6,9-11H,2,7-8H2,1H3,(H,21,23). The Morgan fingerprint density at radius 2 is 1.91 bits per heavy atom. The summed E-state index contributed by atoms with van der Waals surface area (Å²) in [5.74, 6) is 0.0124. The molecule has 0 atom stereocenters. The van der Waals surface area contributed by atoms with Gasteiger partial charge >= 0.3 is 0 Å². The molecule has 0 unspecified atom stereocenters. The number of nitrogens with zero attached hydrogens (tertiary/aromatic N) is 1. The van der Waals surface area contributed by atoms with Crippen molar-refractivity contribution < 1.29 is 4.79 Å². The van der Waals surface area contributed by atoms with Crippen molar-refractivity contribution in [3.63, 3.8) is 0 Å². The van der Waals surface area contributed by atoms with E-state index < -0.39 is 0 Å². The number of carbonyl (C=O) groups is 1. The summed E-state index contributed by atoms with van der Waals surface area (Å²) in [6.07, 6.45) is 0.941. The molecule has 0 bridgehead atoms. The maximum atomic E-state index is 12.3. The van der Waals surface area contributed by atoms with Gasteiger partial charge < -0.3 is 9.88 Å². The number of benzene rings is 2. The molecule has 4 rings (SSSR count). The van der Waals surface area contributed by atoms with Crippen LogP contribution in [0.5, 0.6) is 0 Å². The lowest BCUT2D eigenvalue weighted by atomic mass is 10.0. The lowest BCUT2D eigenvalue weighted by molar-refractivity contribution is 0.0951. The van der Waals surface area contributed by atoms with Crippen LogP contribution in [-0.2, 0) is 6.54 Å². The van der Waals surface area contributed by atoms with Crippen molar-refractivity contribution in [2.75, 3.05) is 6.54 Å². The molecule has 23 heavy (non-hydrogen) atoms. The van der Waals surface area contributed by atoms with Gasteiger partial charge in [-0.15, -0.1) is 0 Å². The van der Waals surface area contributed by atoms with E-state index in [0.717, 1.165) is 52.3 Å². The van der Waals surface area contributed by atoms with Crippen LogP contribution >= 0.6 is 11.6 Å². The summed E-state index contributed by atoms with van der Waals surface area (Å²) >= 11 is 6.03. The molecule has 2 aromatic carbocycles. The van der Waals surface area contributed by atoms with Gasteiger partial charge in [-0.2, -0.15) is 0 Å². The summed E-state index contributed by atoms with van der Waals surface area (Å²) in [7, 11) is 0. The number of fused-ring (bicyclic) bond motifs is 3. The molecule has 0 aliphatic carbocycles. The first-order valence-corrected chi connectivity index (χ1v) is 8.19. The van der Waals surface area contributed by atoms with E-state index in [4.69, 9.17) is 11.6 Å². The van der Waals surface area contributed by atoms with E-state index in [9.17, 15) is 4.79 Å². The van der Waals surface area contributed by atoms with Crippen molar-refractivity contribution in [3.8, 4) is 11.1 Å². The highest BCUT2D eigenvalue weighted by Crippen LogP contribution is 2.33. The Hall–Kier alpha value is -2.26. The third kappa shape index (κ3) is 2.41. The molecule has 0 radical (unpaired) electrons. The fraction of sp³-hybridized carbons (Fsp3) is 0.211. The number of nitrogens with one attached hydrogen (secondary N) is 1. The summed E-state index contributed by atoms with van der Waals surface area (Å²) < 4.78 is 2.15. The summed E-state index contributed by atoms with van der Waals surface area (Å²) in [5.41, 5.74) is 5.33. The second-order valence-corrected chi connectivity index (χ2v) is 6.48. The molecule has 3 nitrogen and oxygen atoms in total. The lowest BCUT2D eigenvalue weighted by Gasteiger charge is -2.11. The fourth-order valence-corrected chi connectivity index (χ4v) is 3.49. The maximum Gasteiger partial charge on any atom is 0.267 e. The molecule has 3 aromatic rings. The van der Waals surface area contributed by atoms with Crippen LogP contribution in [0.25, 0.3) is 22.0 Å². The Kier molecular flexibility index (Phi) is 3.38. The van der Waals surface area contributed by atoms with Gasteiger partial charge in [0.2, 0.25) is 0 Å². The van der Waals surface area contributed by atoms with Gasteiger partial charge in [0.25, 0.3) is 5.91 Å². The molecule has 0 saturated heterocycles. The second-order valence-electron chi connectivity index (χ2n) is 6.05. The van der Waals surface area contributed by atoms with Crippen molar-refractivity contribution in [2.24, 2.45) is 0 Å². The van der Waals surface area contributed by atoms with Gasteiger partial charge in [-0.1, -0.05) is 23.7 Å². The van der Waals surface area contributed by atoms with Crippen molar-refractivity contribution in [2.45, 2.75) is 19.9 Å². The number of rotatable bonds is 1. The number of hydrogen-bond donors (Lipinski definition) is 1. The molecule has 116 valence electrons. The largest absolute Gasteiger partial charge is 0.351 e. The summed E-state index contributed by atoms with van der Waals surface area (Å²) in [6.45, 7) is 3.66. The number of hydrogen-bond acceptors (Lipinski definition) is 1. The molecule has 0 saturated carbocycles. The van der Waals surface area contributed by atoms with Gasteiger partial charge in [-0.05, 0) is 54.8 Å². The molecule has 1 N–H and O–H groups in total. The highest BCUT2D eigenvalue weighted by Gasteiger charge is 2.20. The predicted octanol–water partition coefficient (Wildman–Crippen LogP) is 4.40. The van der Waals surface area contributed by atoms with Gasteiger partial charge in [0.15, 0.2) is 0 Å². The average Bonchev–Trinajstić information content (AvgIpc) is 2.80. The average molecular weight is 325 g/mol. The normalized spacial score (nSPS) is 14.4. The molecular weight excluding hydrogens is 308 g/mol. The van der Waals surface area contributed by atoms with Crippen LogP contribution in [0.3, 0.4) is 0 Å². The molecule has 1 aliphatic heterocycles. The van der Waals surface area contributed by atoms with Crippen molar-refractivity contribution in [1.82, 2.24) is 9.88 Å². The van der Waals surface area contributed by atoms with E-state index in [-0.39, 0.29) is 5.91 Å². The molecule has 1 amide bonds. The van der Waals surface area contributed by atoms with Crippen LogP contribution < -0.4 is 5.32 Å². The molecular formula is C19H17ClN2O. The molecule has 1 aromatic heterocycles. The Morgan fingerprint density at radius 3 is 2.70 bits per heavy atom. The molecule has 1 aliphatic rings. The molecule has 0 spiro atoms. The first-order valence-electron chi connectivity index (χ1n) is 7.81. The first-order chi connectivity index (χ1) is 11.1. The summed E-state index contributed by atoms with van der Waals surface area (Å²) in [6, 6.07) is 14.2. The van der Waals surface area contributed by atoms with E-state index in [1.807, 2.05) is 30.3 Å². The smallest absolute Gasteiger partial charge is 0.267 e. The van der Waals surface area contributed by atoms with Gasteiger partial charge in [0.1, 0.15) is 5.69 Å². The fourth-order valence-electron chi connectivity index (χ4n) is 3.36.